The molecule has 1 N–H and O–H groups in total. The van der Waals surface area contributed by atoms with Gasteiger partial charge in [0.25, 0.3) is 11.8 Å². The number of imide groups is 1. The van der Waals surface area contributed by atoms with Crippen molar-refractivity contribution in [2.45, 2.75) is 13.8 Å². The van der Waals surface area contributed by atoms with Gasteiger partial charge < -0.3 is 14.6 Å². The number of carboxylic acid groups (broad SMARTS) is 1. The molecular weight excluding hydrogens is 254 g/mol. The van der Waals surface area contributed by atoms with E-state index in [0.717, 1.165) is 4.90 Å². The number of nitrogens with zero attached hydrogens (tertiary/aromatic N) is 1. The summed E-state index contributed by atoms with van der Waals surface area (Å²) in [5.74, 6) is -1.73. The standard InChI is InChI=1S/C10H13NO6.C2H6/c12-8-1-2-9(13)11(8)3-4-16-5-6-17-7-10(14)15;1-2/h1-2H,3-7H2,(H,14,15);1-2H3. The Hall–Kier alpha value is -1.73. The van der Waals surface area contributed by atoms with Crippen LogP contribution in [0.1, 0.15) is 13.8 Å². The smallest absolute Gasteiger partial charge is 0.329 e. The lowest BCUT2D eigenvalue weighted by atomic mass is 10.5. The topological polar surface area (TPSA) is 93.1 Å². The van der Waals surface area contributed by atoms with E-state index in [0.29, 0.717) is 0 Å². The Bertz CT molecular complexity index is 321. The summed E-state index contributed by atoms with van der Waals surface area (Å²) < 4.78 is 9.81. The van der Waals surface area contributed by atoms with Gasteiger partial charge in [-0.25, -0.2) is 4.79 Å². The van der Waals surface area contributed by atoms with E-state index in [4.69, 9.17) is 14.6 Å². The van der Waals surface area contributed by atoms with Crippen LogP contribution in [0.15, 0.2) is 12.2 Å². The molecule has 0 bridgehead atoms. The van der Waals surface area contributed by atoms with Gasteiger partial charge in [-0.1, -0.05) is 13.8 Å². The summed E-state index contributed by atoms with van der Waals surface area (Å²) >= 11 is 0. The molecule has 0 unspecified atom stereocenters. The van der Waals surface area contributed by atoms with Crippen molar-refractivity contribution in [3.63, 3.8) is 0 Å². The number of aliphatic carboxylic acids is 1. The predicted molar refractivity (Wildman–Crippen MR) is 66.5 cm³/mol. The van der Waals surface area contributed by atoms with E-state index in [1.165, 1.54) is 12.2 Å². The summed E-state index contributed by atoms with van der Waals surface area (Å²) in [7, 11) is 0. The van der Waals surface area contributed by atoms with Crippen LogP contribution in [0.5, 0.6) is 0 Å². The zero-order chi connectivity index (χ0) is 14.7. The van der Waals surface area contributed by atoms with Crippen molar-refractivity contribution in [1.82, 2.24) is 4.90 Å². The van der Waals surface area contributed by atoms with Crippen LogP contribution in [-0.4, -0.2) is 60.8 Å². The summed E-state index contributed by atoms with van der Waals surface area (Å²) in [6.07, 6.45) is 2.41. The Balaban J connectivity index is 0.00000154. The minimum Gasteiger partial charge on any atom is -0.480 e. The molecule has 7 heteroatoms. The number of rotatable bonds is 8. The highest BCUT2D eigenvalue weighted by atomic mass is 16.5. The minimum absolute atomic E-state index is 0.159. The van der Waals surface area contributed by atoms with Crippen LogP contribution in [0.25, 0.3) is 0 Å². The fraction of sp³-hybridized carbons (Fsp3) is 0.583. The molecule has 2 amide bonds. The first-order chi connectivity index (χ1) is 9.11. The van der Waals surface area contributed by atoms with Gasteiger partial charge >= 0.3 is 5.97 Å². The van der Waals surface area contributed by atoms with Gasteiger partial charge in [-0.15, -0.1) is 0 Å². The SMILES string of the molecule is CC.O=C(O)COCCOCCN1C(=O)C=CC1=O. The van der Waals surface area contributed by atoms with Gasteiger partial charge in [0.15, 0.2) is 0 Å². The number of carbonyl (C=O) groups is 3. The normalized spacial score (nSPS) is 13.5. The van der Waals surface area contributed by atoms with Crippen LogP contribution in [0, 0.1) is 0 Å². The zero-order valence-electron chi connectivity index (χ0n) is 11.1. The van der Waals surface area contributed by atoms with E-state index in [2.05, 4.69) is 0 Å². The molecule has 1 rings (SSSR count). The first-order valence-electron chi connectivity index (χ1n) is 6.02. The quantitative estimate of drug-likeness (QED) is 0.496. The summed E-state index contributed by atoms with van der Waals surface area (Å²) in [5, 5.41) is 8.26. The monoisotopic (exact) mass is 273 g/mol. The van der Waals surface area contributed by atoms with Crippen molar-refractivity contribution in [2.75, 3.05) is 33.0 Å². The van der Waals surface area contributed by atoms with Crippen molar-refractivity contribution in [1.29, 1.82) is 0 Å². The van der Waals surface area contributed by atoms with Crippen molar-refractivity contribution < 1.29 is 29.0 Å². The minimum atomic E-state index is -1.04. The van der Waals surface area contributed by atoms with Crippen LogP contribution in [-0.2, 0) is 23.9 Å². The molecule has 0 radical (unpaired) electrons. The summed E-state index contributed by atoms with van der Waals surface area (Å²) in [6.45, 7) is 4.40. The molecule has 0 saturated heterocycles. The van der Waals surface area contributed by atoms with E-state index in [1.807, 2.05) is 13.8 Å². The van der Waals surface area contributed by atoms with E-state index >= 15 is 0 Å². The lowest BCUT2D eigenvalue weighted by molar-refractivity contribution is -0.143. The Kier molecular flexibility index (Phi) is 9.29. The second kappa shape index (κ2) is 10.2. The maximum atomic E-state index is 11.1. The summed E-state index contributed by atoms with van der Waals surface area (Å²) in [6, 6.07) is 0. The van der Waals surface area contributed by atoms with Crippen molar-refractivity contribution >= 4 is 17.8 Å². The van der Waals surface area contributed by atoms with Crippen LogP contribution < -0.4 is 0 Å². The van der Waals surface area contributed by atoms with Crippen molar-refractivity contribution in [3.8, 4) is 0 Å². The highest BCUT2D eigenvalue weighted by Gasteiger charge is 2.22. The third kappa shape index (κ3) is 7.32. The molecular formula is C12H19NO6. The van der Waals surface area contributed by atoms with Crippen molar-refractivity contribution in [3.05, 3.63) is 12.2 Å². The molecule has 19 heavy (non-hydrogen) atoms. The highest BCUT2D eigenvalue weighted by molar-refractivity contribution is 6.12. The van der Waals surface area contributed by atoms with Gasteiger partial charge in [0.1, 0.15) is 6.61 Å². The molecule has 0 aromatic heterocycles. The summed E-state index contributed by atoms with van der Waals surface area (Å²) in [4.78, 5) is 33.3. The first-order valence-corrected chi connectivity index (χ1v) is 6.02. The molecule has 0 saturated carbocycles. The number of ether oxygens (including phenoxy) is 2. The van der Waals surface area contributed by atoms with Crippen LogP contribution in [0.4, 0.5) is 0 Å². The van der Waals surface area contributed by atoms with E-state index in [1.54, 1.807) is 0 Å². The maximum absolute atomic E-state index is 11.1. The highest BCUT2D eigenvalue weighted by Crippen LogP contribution is 2.02. The van der Waals surface area contributed by atoms with Gasteiger partial charge in [0.2, 0.25) is 0 Å². The molecule has 1 heterocycles. The Morgan fingerprint density at radius 1 is 1.11 bits per heavy atom. The number of hydrogen-bond acceptors (Lipinski definition) is 5. The van der Waals surface area contributed by atoms with Crippen LogP contribution in [0.2, 0.25) is 0 Å². The molecule has 7 nitrogen and oxygen atoms in total. The molecule has 1 aliphatic heterocycles. The molecule has 0 fully saturated rings. The lowest BCUT2D eigenvalue weighted by Gasteiger charge is -2.13. The van der Waals surface area contributed by atoms with E-state index in [-0.39, 0.29) is 44.8 Å². The third-order valence-corrected chi connectivity index (χ3v) is 1.96. The largest absolute Gasteiger partial charge is 0.480 e. The zero-order valence-corrected chi connectivity index (χ0v) is 11.1. The predicted octanol–water partition coefficient (Wildman–Crippen LogP) is 0.0554. The average molecular weight is 273 g/mol. The fourth-order valence-corrected chi connectivity index (χ4v) is 1.19. The molecule has 108 valence electrons. The van der Waals surface area contributed by atoms with Gasteiger partial charge in [-0.05, 0) is 0 Å². The summed E-state index contributed by atoms with van der Waals surface area (Å²) in [5.41, 5.74) is 0. The van der Waals surface area contributed by atoms with Gasteiger partial charge in [0, 0.05) is 12.2 Å². The molecule has 1 aliphatic rings. The third-order valence-electron chi connectivity index (χ3n) is 1.96. The lowest BCUT2D eigenvalue weighted by Crippen LogP contribution is -2.33. The second-order valence-corrected chi connectivity index (χ2v) is 3.22. The number of carbonyl (C=O) groups excluding carboxylic acids is 2. The number of hydrogen-bond donors (Lipinski definition) is 1. The van der Waals surface area contributed by atoms with Gasteiger partial charge in [0.05, 0.1) is 26.4 Å². The van der Waals surface area contributed by atoms with E-state index < -0.39 is 5.97 Å². The van der Waals surface area contributed by atoms with Crippen molar-refractivity contribution in [2.24, 2.45) is 0 Å². The number of carboxylic acids is 1. The van der Waals surface area contributed by atoms with E-state index in [9.17, 15) is 14.4 Å². The maximum Gasteiger partial charge on any atom is 0.329 e. The van der Waals surface area contributed by atoms with Gasteiger partial charge in [-0.3, -0.25) is 14.5 Å². The molecule has 0 aliphatic carbocycles. The Morgan fingerprint density at radius 2 is 1.63 bits per heavy atom. The average Bonchev–Trinajstić information content (AvgIpc) is 2.71. The second-order valence-electron chi connectivity index (χ2n) is 3.22. The number of amides is 2. The first kappa shape index (κ1) is 17.3. The van der Waals surface area contributed by atoms with Crippen LogP contribution in [0.3, 0.4) is 0 Å². The Labute approximate surface area is 111 Å². The van der Waals surface area contributed by atoms with Gasteiger partial charge in [-0.2, -0.15) is 0 Å². The molecule has 0 spiro atoms. The molecule has 0 aromatic carbocycles. The molecule has 0 atom stereocenters. The fourth-order valence-electron chi connectivity index (χ4n) is 1.19. The molecule has 0 aromatic rings. The van der Waals surface area contributed by atoms with Crippen LogP contribution >= 0.6 is 0 Å². The Morgan fingerprint density at radius 3 is 2.16 bits per heavy atom.